The fourth-order valence-electron chi connectivity index (χ4n) is 2.78. The van der Waals surface area contributed by atoms with Crippen molar-refractivity contribution in [1.82, 2.24) is 5.32 Å². The molecule has 1 heterocycles. The van der Waals surface area contributed by atoms with Crippen molar-refractivity contribution in [3.05, 3.63) is 52.7 Å². The highest BCUT2D eigenvalue weighted by atomic mass is 32.2. The van der Waals surface area contributed by atoms with Crippen molar-refractivity contribution in [1.29, 1.82) is 0 Å². The molecule has 1 saturated carbocycles. The van der Waals surface area contributed by atoms with Gasteiger partial charge in [0.2, 0.25) is 5.91 Å². The van der Waals surface area contributed by atoms with Gasteiger partial charge in [0.25, 0.3) is 0 Å². The summed E-state index contributed by atoms with van der Waals surface area (Å²) in [4.78, 5) is 13.3. The zero-order valence-electron chi connectivity index (χ0n) is 13.5. The molecule has 1 aliphatic rings. The van der Waals surface area contributed by atoms with Crippen molar-refractivity contribution < 1.29 is 13.2 Å². The summed E-state index contributed by atoms with van der Waals surface area (Å²) in [7, 11) is -3.55. The van der Waals surface area contributed by atoms with Crippen LogP contribution >= 0.6 is 11.3 Å². The smallest absolute Gasteiger partial charge is 0.223 e. The summed E-state index contributed by atoms with van der Waals surface area (Å²) < 4.78 is 26.0. The van der Waals surface area contributed by atoms with Crippen LogP contribution in [0.15, 0.2) is 52.7 Å². The van der Waals surface area contributed by atoms with E-state index in [1.165, 1.54) is 11.3 Å². The lowest BCUT2D eigenvalue weighted by atomic mass is 10.1. The summed E-state index contributed by atoms with van der Waals surface area (Å²) in [6.07, 6.45) is 2.18. The Morgan fingerprint density at radius 3 is 2.50 bits per heavy atom. The standard InChI is InChI=1S/C18H21NO3S2/c1-13(14-9-10-14)18(20)19-12-17(16-8-5-11-23-16)24(21,22)15-6-3-2-4-7-15/h2-8,11,13-14,17H,9-10,12H2,1H3,(H,19,20). The molecule has 1 aromatic heterocycles. The van der Waals surface area contributed by atoms with Gasteiger partial charge in [0.15, 0.2) is 9.84 Å². The third kappa shape index (κ3) is 3.70. The number of benzene rings is 1. The number of thiophene rings is 1. The summed E-state index contributed by atoms with van der Waals surface area (Å²) in [5, 5.41) is 3.96. The molecule has 1 fully saturated rings. The normalized spacial score (nSPS) is 17.2. The average molecular weight is 364 g/mol. The van der Waals surface area contributed by atoms with Crippen LogP contribution < -0.4 is 5.32 Å². The predicted octanol–water partition coefficient (Wildman–Crippen LogP) is 3.43. The zero-order chi connectivity index (χ0) is 17.2. The molecule has 0 aliphatic heterocycles. The average Bonchev–Trinajstić information content (AvgIpc) is 3.31. The van der Waals surface area contributed by atoms with E-state index in [0.717, 1.165) is 17.7 Å². The molecular formula is C18H21NO3S2. The minimum atomic E-state index is -3.55. The van der Waals surface area contributed by atoms with Crippen molar-refractivity contribution >= 4 is 27.1 Å². The number of hydrogen-bond acceptors (Lipinski definition) is 4. The van der Waals surface area contributed by atoms with Crippen LogP contribution in [0.1, 0.15) is 29.9 Å². The Labute approximate surface area is 146 Å². The minimum absolute atomic E-state index is 0.0478. The topological polar surface area (TPSA) is 63.2 Å². The summed E-state index contributed by atoms with van der Waals surface area (Å²) in [5.74, 6) is 0.353. The van der Waals surface area contributed by atoms with Gasteiger partial charge in [-0.25, -0.2) is 8.42 Å². The Morgan fingerprint density at radius 1 is 1.21 bits per heavy atom. The van der Waals surface area contributed by atoms with E-state index < -0.39 is 15.1 Å². The number of sulfone groups is 1. The second kappa shape index (κ2) is 7.07. The van der Waals surface area contributed by atoms with Crippen LogP contribution in [-0.4, -0.2) is 20.9 Å². The highest BCUT2D eigenvalue weighted by Crippen LogP contribution is 2.37. The second-order valence-electron chi connectivity index (χ2n) is 6.23. The lowest BCUT2D eigenvalue weighted by molar-refractivity contribution is -0.125. The van der Waals surface area contributed by atoms with Crippen molar-refractivity contribution in [3.63, 3.8) is 0 Å². The first kappa shape index (κ1) is 17.2. The van der Waals surface area contributed by atoms with Gasteiger partial charge in [0, 0.05) is 17.3 Å². The number of nitrogens with one attached hydrogen (secondary N) is 1. The van der Waals surface area contributed by atoms with E-state index >= 15 is 0 Å². The molecule has 1 aliphatic carbocycles. The molecule has 2 unspecified atom stereocenters. The Bertz CT molecular complexity index is 781. The van der Waals surface area contributed by atoms with E-state index in [0.29, 0.717) is 5.92 Å². The van der Waals surface area contributed by atoms with Gasteiger partial charge in [-0.3, -0.25) is 4.79 Å². The van der Waals surface area contributed by atoms with Crippen molar-refractivity contribution in [3.8, 4) is 0 Å². The molecular weight excluding hydrogens is 342 g/mol. The Balaban J connectivity index is 1.81. The quantitative estimate of drug-likeness (QED) is 0.820. The third-order valence-corrected chi connectivity index (χ3v) is 7.75. The first-order valence-corrected chi connectivity index (χ1v) is 10.5. The van der Waals surface area contributed by atoms with E-state index in [9.17, 15) is 13.2 Å². The largest absolute Gasteiger partial charge is 0.354 e. The molecule has 0 bridgehead atoms. The van der Waals surface area contributed by atoms with Crippen LogP contribution in [-0.2, 0) is 14.6 Å². The van der Waals surface area contributed by atoms with E-state index in [2.05, 4.69) is 5.32 Å². The number of amides is 1. The van der Waals surface area contributed by atoms with Crippen LogP contribution in [0.3, 0.4) is 0 Å². The van der Waals surface area contributed by atoms with E-state index in [1.54, 1.807) is 30.3 Å². The summed E-state index contributed by atoms with van der Waals surface area (Å²) >= 11 is 1.40. The SMILES string of the molecule is CC(C(=O)NCC(c1cccs1)S(=O)(=O)c1ccccc1)C1CC1. The maximum absolute atomic E-state index is 13.0. The molecule has 2 aromatic rings. The Kier molecular flexibility index (Phi) is 5.06. The van der Waals surface area contributed by atoms with Gasteiger partial charge in [-0.15, -0.1) is 11.3 Å². The van der Waals surface area contributed by atoms with Gasteiger partial charge in [0.05, 0.1) is 4.90 Å². The van der Waals surface area contributed by atoms with Gasteiger partial charge < -0.3 is 5.32 Å². The molecule has 0 radical (unpaired) electrons. The molecule has 1 amide bonds. The third-order valence-electron chi connectivity index (χ3n) is 4.51. The molecule has 3 rings (SSSR count). The van der Waals surface area contributed by atoms with Gasteiger partial charge >= 0.3 is 0 Å². The van der Waals surface area contributed by atoms with Crippen molar-refractivity contribution in [2.75, 3.05) is 6.54 Å². The predicted molar refractivity (Wildman–Crippen MR) is 95.6 cm³/mol. The van der Waals surface area contributed by atoms with Gasteiger partial charge in [-0.05, 0) is 42.3 Å². The molecule has 128 valence electrons. The van der Waals surface area contributed by atoms with E-state index in [-0.39, 0.29) is 23.3 Å². The maximum Gasteiger partial charge on any atom is 0.223 e. The van der Waals surface area contributed by atoms with Gasteiger partial charge in [0.1, 0.15) is 5.25 Å². The Hall–Kier alpha value is -1.66. The lowest BCUT2D eigenvalue weighted by Gasteiger charge is -2.19. The highest BCUT2D eigenvalue weighted by molar-refractivity contribution is 7.91. The Morgan fingerprint density at radius 2 is 1.92 bits per heavy atom. The number of carbonyl (C=O) groups is 1. The molecule has 0 saturated heterocycles. The van der Waals surface area contributed by atoms with Crippen LogP contribution in [0, 0.1) is 11.8 Å². The molecule has 24 heavy (non-hydrogen) atoms. The van der Waals surface area contributed by atoms with E-state index in [1.807, 2.05) is 24.4 Å². The minimum Gasteiger partial charge on any atom is -0.354 e. The van der Waals surface area contributed by atoms with Crippen molar-refractivity contribution in [2.24, 2.45) is 11.8 Å². The van der Waals surface area contributed by atoms with Crippen LogP contribution in [0.25, 0.3) is 0 Å². The molecule has 1 aromatic carbocycles. The number of carbonyl (C=O) groups excluding carboxylic acids is 1. The highest BCUT2D eigenvalue weighted by Gasteiger charge is 2.34. The molecule has 1 N–H and O–H groups in total. The fourth-order valence-corrected chi connectivity index (χ4v) is 5.58. The van der Waals surface area contributed by atoms with Crippen LogP contribution in [0.5, 0.6) is 0 Å². The summed E-state index contributed by atoms with van der Waals surface area (Å²) in [6, 6.07) is 12.1. The van der Waals surface area contributed by atoms with Crippen molar-refractivity contribution in [2.45, 2.75) is 29.9 Å². The maximum atomic E-state index is 13.0. The lowest BCUT2D eigenvalue weighted by Crippen LogP contribution is -2.35. The fraction of sp³-hybridized carbons (Fsp3) is 0.389. The first-order chi connectivity index (χ1) is 11.5. The molecule has 6 heteroatoms. The van der Waals surface area contributed by atoms with E-state index in [4.69, 9.17) is 0 Å². The van der Waals surface area contributed by atoms with Crippen LogP contribution in [0.4, 0.5) is 0 Å². The second-order valence-corrected chi connectivity index (χ2v) is 9.34. The summed E-state index contributed by atoms with van der Waals surface area (Å²) in [5.41, 5.74) is 0. The van der Waals surface area contributed by atoms with Crippen LogP contribution in [0.2, 0.25) is 0 Å². The monoisotopic (exact) mass is 363 g/mol. The summed E-state index contributed by atoms with van der Waals surface area (Å²) in [6.45, 7) is 2.02. The number of rotatable bonds is 7. The first-order valence-electron chi connectivity index (χ1n) is 8.10. The molecule has 2 atom stereocenters. The number of hydrogen-bond donors (Lipinski definition) is 1. The van der Waals surface area contributed by atoms with Gasteiger partial charge in [-0.1, -0.05) is 31.2 Å². The van der Waals surface area contributed by atoms with Gasteiger partial charge in [-0.2, -0.15) is 0 Å². The molecule has 0 spiro atoms. The zero-order valence-corrected chi connectivity index (χ0v) is 15.1. The molecule has 4 nitrogen and oxygen atoms in total.